The fourth-order valence-electron chi connectivity index (χ4n) is 8.91. The number of aromatic nitrogens is 2. The SMILES string of the molecule is [B]c1c([B])c([B])c2c(oc3c([B])c([B])c([B])c(-c4ccc(-n5c6ccccc6c6cc(-c7ccc8c(c7)c7ccccc7n8-c7ccccc7)ccc65)cc4)c32)c1[B]. The zero-order valence-electron chi connectivity index (χ0n) is 31.1. The summed E-state index contributed by atoms with van der Waals surface area (Å²) in [5, 5.41) is 5.78. The van der Waals surface area contributed by atoms with E-state index in [4.69, 9.17) is 59.3 Å². The average Bonchev–Trinajstić information content (AvgIpc) is 3.93. The standard InChI is InChI=1S/C48H23B7N2O/c49-40-37(38-39-41(50)42(51)44(53)46(55)48(39)58-47(38)45(54)43(40)52)24-14-18-28(19-15-24)57-34-13-7-5-11-30(34)32-23-26(17-21-36(32)57)25-16-20-35-31(22-25)29-10-4-6-12-33(29)56(35)27-8-2-1-3-9-27/h1-23H. The van der Waals surface area contributed by atoms with Crippen LogP contribution < -0.4 is 38.2 Å². The van der Waals surface area contributed by atoms with Crippen LogP contribution in [0.1, 0.15) is 0 Å². The van der Waals surface area contributed by atoms with Crippen LogP contribution in [0.25, 0.3) is 99.2 Å². The van der Waals surface area contributed by atoms with Crippen LogP contribution in [0.4, 0.5) is 0 Å². The fraction of sp³-hybridized carbons (Fsp3) is 0. The normalized spacial score (nSPS) is 11.9. The van der Waals surface area contributed by atoms with Gasteiger partial charge in [0.25, 0.3) is 0 Å². The van der Waals surface area contributed by atoms with E-state index in [1.807, 2.05) is 12.1 Å². The molecule has 11 aromatic rings. The Morgan fingerprint density at radius 2 is 0.759 bits per heavy atom. The lowest BCUT2D eigenvalue weighted by Crippen LogP contribution is -2.47. The smallest absolute Gasteiger partial charge is 0.128 e. The maximum Gasteiger partial charge on any atom is 0.128 e. The van der Waals surface area contributed by atoms with Gasteiger partial charge in [0.2, 0.25) is 0 Å². The zero-order chi connectivity index (χ0) is 39.6. The summed E-state index contributed by atoms with van der Waals surface area (Å²) in [7, 11) is 45.1. The fourth-order valence-corrected chi connectivity index (χ4v) is 8.91. The number of para-hydroxylation sites is 3. The molecule has 0 spiro atoms. The first kappa shape index (κ1) is 34.8. The highest BCUT2D eigenvalue weighted by Gasteiger charge is 2.23. The van der Waals surface area contributed by atoms with E-state index in [0.29, 0.717) is 27.4 Å². The van der Waals surface area contributed by atoms with Gasteiger partial charge in [-0.2, -0.15) is 0 Å². The predicted octanol–water partition coefficient (Wildman–Crippen LogP) is 4.67. The van der Waals surface area contributed by atoms with Crippen molar-refractivity contribution < 1.29 is 4.42 Å². The van der Waals surface area contributed by atoms with Crippen LogP contribution in [0, 0.1) is 0 Å². The molecule has 8 aromatic carbocycles. The monoisotopic (exact) mass is 720 g/mol. The van der Waals surface area contributed by atoms with Crippen LogP contribution >= 0.6 is 0 Å². The van der Waals surface area contributed by atoms with Gasteiger partial charge in [0.15, 0.2) is 0 Å². The number of benzene rings is 8. The Morgan fingerprint density at radius 1 is 0.328 bits per heavy atom. The third kappa shape index (κ3) is 4.84. The molecule has 3 heterocycles. The Kier molecular flexibility index (Phi) is 7.69. The van der Waals surface area contributed by atoms with E-state index in [-0.39, 0.29) is 38.4 Å². The molecule has 252 valence electrons. The van der Waals surface area contributed by atoms with E-state index in [9.17, 15) is 0 Å². The number of nitrogens with zero attached hydrogens (tertiary/aromatic N) is 2. The van der Waals surface area contributed by atoms with Gasteiger partial charge in [-0.1, -0.05) is 101 Å². The van der Waals surface area contributed by atoms with Gasteiger partial charge in [-0.25, -0.2) is 0 Å². The number of hydrogen-bond donors (Lipinski definition) is 0. The molecule has 0 saturated carbocycles. The number of hydrogen-bond acceptors (Lipinski definition) is 1. The molecular weight excluding hydrogens is 696 g/mol. The van der Waals surface area contributed by atoms with Gasteiger partial charge in [0, 0.05) is 43.7 Å². The van der Waals surface area contributed by atoms with Crippen molar-refractivity contribution in [2.24, 2.45) is 0 Å². The van der Waals surface area contributed by atoms with E-state index in [1.165, 1.54) is 21.8 Å². The maximum atomic E-state index is 6.74. The molecule has 0 aliphatic heterocycles. The first-order valence-corrected chi connectivity index (χ1v) is 18.9. The van der Waals surface area contributed by atoms with Crippen molar-refractivity contribution in [3.63, 3.8) is 0 Å². The van der Waals surface area contributed by atoms with Crippen LogP contribution in [0.2, 0.25) is 0 Å². The lowest BCUT2D eigenvalue weighted by atomic mass is 9.64. The molecule has 10 heteroatoms. The molecule has 0 aliphatic rings. The van der Waals surface area contributed by atoms with Crippen LogP contribution in [-0.4, -0.2) is 64.1 Å². The van der Waals surface area contributed by atoms with Gasteiger partial charge in [-0.15, -0.1) is 16.4 Å². The predicted molar refractivity (Wildman–Crippen MR) is 251 cm³/mol. The lowest BCUT2D eigenvalue weighted by molar-refractivity contribution is 0.675. The number of fused-ring (bicyclic) bond motifs is 9. The van der Waals surface area contributed by atoms with E-state index in [1.54, 1.807) is 0 Å². The minimum absolute atomic E-state index is 0.140. The minimum Gasteiger partial charge on any atom is -0.457 e. The summed E-state index contributed by atoms with van der Waals surface area (Å²) in [6.45, 7) is 0. The van der Waals surface area contributed by atoms with E-state index < -0.39 is 0 Å². The van der Waals surface area contributed by atoms with Crippen LogP contribution in [0.3, 0.4) is 0 Å². The molecule has 0 fully saturated rings. The summed E-state index contributed by atoms with van der Waals surface area (Å²) in [5.74, 6) is 0. The Hall–Kier alpha value is -6.39. The molecule has 0 bridgehead atoms. The molecule has 3 aromatic heterocycles. The highest BCUT2D eigenvalue weighted by molar-refractivity contribution is 6.68. The van der Waals surface area contributed by atoms with Crippen molar-refractivity contribution in [1.29, 1.82) is 0 Å². The third-order valence-electron chi connectivity index (χ3n) is 11.7. The minimum atomic E-state index is 0.140. The van der Waals surface area contributed by atoms with Crippen LogP contribution in [-0.2, 0) is 0 Å². The molecule has 0 amide bonds. The summed E-state index contributed by atoms with van der Waals surface area (Å²) in [5.41, 5.74) is 12.2. The molecule has 0 unspecified atom stereocenters. The van der Waals surface area contributed by atoms with Gasteiger partial charge in [-0.3, -0.25) is 0 Å². The Bertz CT molecular complexity index is 3530. The van der Waals surface area contributed by atoms with Crippen molar-refractivity contribution in [1.82, 2.24) is 9.13 Å². The molecule has 58 heavy (non-hydrogen) atoms. The molecule has 0 N–H and O–H groups in total. The summed E-state index contributed by atoms with van der Waals surface area (Å²) in [4.78, 5) is 0. The second-order valence-electron chi connectivity index (χ2n) is 14.8. The van der Waals surface area contributed by atoms with Gasteiger partial charge >= 0.3 is 0 Å². The largest absolute Gasteiger partial charge is 0.457 e. The van der Waals surface area contributed by atoms with Gasteiger partial charge in [-0.05, 0) is 82.9 Å². The van der Waals surface area contributed by atoms with E-state index >= 15 is 0 Å². The molecular formula is C48H23B7N2O. The van der Waals surface area contributed by atoms with E-state index in [0.717, 1.165) is 49.9 Å². The highest BCUT2D eigenvalue weighted by atomic mass is 16.3. The van der Waals surface area contributed by atoms with Crippen LogP contribution in [0.15, 0.2) is 144 Å². The van der Waals surface area contributed by atoms with E-state index in [2.05, 4.69) is 137 Å². The first-order valence-electron chi connectivity index (χ1n) is 18.9. The van der Waals surface area contributed by atoms with Gasteiger partial charge in [0.1, 0.15) is 66.1 Å². The van der Waals surface area contributed by atoms with Crippen molar-refractivity contribution in [3.05, 3.63) is 140 Å². The summed E-state index contributed by atoms with van der Waals surface area (Å²) < 4.78 is 10.8. The second kappa shape index (κ2) is 12.8. The summed E-state index contributed by atoms with van der Waals surface area (Å²) >= 11 is 0. The quantitative estimate of drug-likeness (QED) is 0.243. The Labute approximate surface area is 343 Å². The van der Waals surface area contributed by atoms with Crippen molar-refractivity contribution in [2.45, 2.75) is 0 Å². The summed E-state index contributed by atoms with van der Waals surface area (Å²) in [6.07, 6.45) is 0. The molecule has 0 aliphatic carbocycles. The molecule has 11 rings (SSSR count). The van der Waals surface area contributed by atoms with Crippen LogP contribution in [0.5, 0.6) is 0 Å². The zero-order valence-corrected chi connectivity index (χ0v) is 31.1. The number of rotatable bonds is 4. The third-order valence-corrected chi connectivity index (χ3v) is 11.7. The molecule has 14 radical (unpaired) electrons. The first-order chi connectivity index (χ1) is 28.2. The molecule has 0 atom stereocenters. The summed E-state index contributed by atoms with van der Waals surface area (Å²) in [6, 6.07) is 49.2. The second-order valence-corrected chi connectivity index (χ2v) is 14.8. The van der Waals surface area contributed by atoms with Crippen molar-refractivity contribution in [3.8, 4) is 33.6 Å². The maximum absolute atomic E-state index is 6.74. The Balaban J connectivity index is 1.06. The van der Waals surface area contributed by atoms with Crippen molar-refractivity contribution >= 4 is 159 Å². The lowest BCUT2D eigenvalue weighted by Gasteiger charge is -2.17. The average molecular weight is 719 g/mol. The van der Waals surface area contributed by atoms with Gasteiger partial charge in [0.05, 0.1) is 22.1 Å². The Morgan fingerprint density at radius 3 is 1.33 bits per heavy atom. The topological polar surface area (TPSA) is 23.0 Å². The highest BCUT2D eigenvalue weighted by Crippen LogP contribution is 2.39. The van der Waals surface area contributed by atoms with Gasteiger partial charge < -0.3 is 13.6 Å². The molecule has 3 nitrogen and oxygen atoms in total. The van der Waals surface area contributed by atoms with Crippen molar-refractivity contribution in [2.75, 3.05) is 0 Å². The molecule has 0 saturated heterocycles. The number of furan rings is 1.